The molecule has 0 aromatic heterocycles. The summed E-state index contributed by atoms with van der Waals surface area (Å²) in [6.45, 7) is -1.00. The normalized spacial score (nSPS) is 20.4. The average molecular weight is 389 g/mol. The molecule has 0 bridgehead atoms. The van der Waals surface area contributed by atoms with Gasteiger partial charge >= 0.3 is 23.9 Å². The van der Waals surface area contributed by atoms with Gasteiger partial charge in [0.1, 0.15) is 12.1 Å². The molecule has 12 heteroatoms. The zero-order valence-electron chi connectivity index (χ0n) is 15.3. The van der Waals surface area contributed by atoms with Crippen molar-refractivity contribution in [2.24, 2.45) is 5.73 Å². The van der Waals surface area contributed by atoms with Gasteiger partial charge in [0.25, 0.3) is 0 Å². The van der Waals surface area contributed by atoms with Gasteiger partial charge in [-0.15, -0.1) is 0 Å². The molecule has 2 unspecified atom stereocenters. The number of ether oxygens (including phenoxy) is 4. The predicted molar refractivity (Wildman–Crippen MR) is 86.9 cm³/mol. The van der Waals surface area contributed by atoms with E-state index in [-0.39, 0.29) is 26.2 Å². The Morgan fingerprint density at radius 3 is 1.67 bits per heavy atom. The number of primary amides is 1. The molecule has 152 valence electrons. The van der Waals surface area contributed by atoms with E-state index in [2.05, 4.69) is 14.2 Å². The summed E-state index contributed by atoms with van der Waals surface area (Å²) in [5, 5.41) is 0. The van der Waals surface area contributed by atoms with Crippen LogP contribution in [0.15, 0.2) is 0 Å². The molecule has 0 spiro atoms. The second kappa shape index (κ2) is 10.4. The van der Waals surface area contributed by atoms with Crippen LogP contribution < -0.4 is 5.73 Å². The molecule has 1 amide bonds. The van der Waals surface area contributed by atoms with E-state index in [4.69, 9.17) is 10.5 Å². The highest BCUT2D eigenvalue weighted by atomic mass is 16.6. The molecular formula is C15H23N3O9. The van der Waals surface area contributed by atoms with Crippen LogP contribution in [0.4, 0.5) is 0 Å². The zero-order valence-corrected chi connectivity index (χ0v) is 15.3. The van der Waals surface area contributed by atoms with Crippen molar-refractivity contribution in [2.75, 3.05) is 54.1 Å². The Kier molecular flexibility index (Phi) is 8.62. The Bertz CT molecular complexity index is 595. The summed E-state index contributed by atoms with van der Waals surface area (Å²) in [5.41, 5.74) is 5.44. The number of methoxy groups -OCH3 is 3. The Morgan fingerprint density at radius 1 is 0.815 bits per heavy atom. The number of rotatable bonds is 8. The van der Waals surface area contributed by atoms with Crippen LogP contribution in [0.5, 0.6) is 0 Å². The number of hydrogen-bond acceptors (Lipinski definition) is 11. The summed E-state index contributed by atoms with van der Waals surface area (Å²) in [6.07, 6.45) is 0. The van der Waals surface area contributed by atoms with Crippen LogP contribution in [0.2, 0.25) is 0 Å². The minimum atomic E-state index is -1.33. The maximum Gasteiger partial charge on any atom is 0.344 e. The topological polar surface area (TPSA) is 155 Å². The van der Waals surface area contributed by atoms with Gasteiger partial charge in [0.15, 0.2) is 6.61 Å². The molecule has 0 saturated carbocycles. The minimum Gasteiger partial charge on any atom is -0.468 e. The lowest BCUT2D eigenvalue weighted by Gasteiger charge is -2.43. The highest BCUT2D eigenvalue weighted by Gasteiger charge is 2.46. The summed E-state index contributed by atoms with van der Waals surface area (Å²) in [6, 6.07) is -2.61. The fourth-order valence-electron chi connectivity index (χ4n) is 2.64. The van der Waals surface area contributed by atoms with Crippen molar-refractivity contribution in [3.8, 4) is 0 Å². The molecule has 1 fully saturated rings. The Hall–Kier alpha value is -2.73. The molecule has 1 saturated heterocycles. The van der Waals surface area contributed by atoms with Crippen LogP contribution in [0, 0.1) is 0 Å². The van der Waals surface area contributed by atoms with Gasteiger partial charge in [-0.25, -0.2) is 4.79 Å². The quantitative estimate of drug-likeness (QED) is 0.331. The number of esters is 4. The van der Waals surface area contributed by atoms with Crippen LogP contribution in [-0.2, 0) is 42.9 Å². The first kappa shape index (κ1) is 22.3. The van der Waals surface area contributed by atoms with Gasteiger partial charge in [0.05, 0.1) is 34.4 Å². The van der Waals surface area contributed by atoms with E-state index in [1.807, 2.05) is 0 Å². The molecule has 2 atom stereocenters. The molecule has 1 aliphatic rings. The summed E-state index contributed by atoms with van der Waals surface area (Å²) in [7, 11) is 3.47. The molecule has 1 aliphatic heterocycles. The summed E-state index contributed by atoms with van der Waals surface area (Å²) < 4.78 is 18.4. The third kappa shape index (κ3) is 6.18. The molecule has 27 heavy (non-hydrogen) atoms. The fraction of sp³-hybridized carbons (Fsp3) is 0.667. The maximum absolute atomic E-state index is 12.5. The maximum atomic E-state index is 12.5. The van der Waals surface area contributed by atoms with Crippen molar-refractivity contribution < 1.29 is 42.9 Å². The monoisotopic (exact) mass is 389 g/mol. The fourth-order valence-corrected chi connectivity index (χ4v) is 2.64. The van der Waals surface area contributed by atoms with Gasteiger partial charge in [-0.3, -0.25) is 29.0 Å². The van der Waals surface area contributed by atoms with Gasteiger partial charge in [-0.05, 0) is 0 Å². The zero-order chi connectivity index (χ0) is 20.6. The molecule has 0 aliphatic carbocycles. The van der Waals surface area contributed by atoms with Crippen molar-refractivity contribution in [2.45, 2.75) is 12.1 Å². The molecule has 12 nitrogen and oxygen atoms in total. The average Bonchev–Trinajstić information content (AvgIpc) is 2.65. The van der Waals surface area contributed by atoms with Crippen LogP contribution in [-0.4, -0.2) is 106 Å². The highest BCUT2D eigenvalue weighted by Crippen LogP contribution is 2.19. The van der Waals surface area contributed by atoms with E-state index in [1.165, 1.54) is 24.0 Å². The van der Waals surface area contributed by atoms with E-state index in [9.17, 15) is 24.0 Å². The molecule has 0 aromatic carbocycles. The Morgan fingerprint density at radius 2 is 1.26 bits per heavy atom. The lowest BCUT2D eigenvalue weighted by atomic mass is 10.00. The molecule has 0 aromatic rings. The smallest absolute Gasteiger partial charge is 0.344 e. The second-order valence-electron chi connectivity index (χ2n) is 5.57. The first-order chi connectivity index (χ1) is 12.7. The van der Waals surface area contributed by atoms with Gasteiger partial charge < -0.3 is 24.7 Å². The summed E-state index contributed by atoms with van der Waals surface area (Å²) >= 11 is 0. The Labute approximate surface area is 155 Å². The van der Waals surface area contributed by atoms with Crippen LogP contribution >= 0.6 is 0 Å². The Balaban J connectivity index is 3.11. The van der Waals surface area contributed by atoms with E-state index >= 15 is 0 Å². The van der Waals surface area contributed by atoms with E-state index in [0.29, 0.717) is 0 Å². The number of hydrogen-bond donors (Lipinski definition) is 1. The van der Waals surface area contributed by atoms with Crippen LogP contribution in [0.1, 0.15) is 0 Å². The summed E-state index contributed by atoms with van der Waals surface area (Å²) in [4.78, 5) is 61.7. The van der Waals surface area contributed by atoms with Crippen molar-refractivity contribution in [3.63, 3.8) is 0 Å². The van der Waals surface area contributed by atoms with Gasteiger partial charge in [0.2, 0.25) is 5.91 Å². The third-order valence-corrected chi connectivity index (χ3v) is 3.97. The number of amides is 1. The van der Waals surface area contributed by atoms with Crippen molar-refractivity contribution in [3.05, 3.63) is 0 Å². The standard InChI is InChI=1S/C15H23N3O9/c1-24-9(19)6-17-4-5-18(7-10(20)25-2)13(12(17)14(16)22)15(23)27-8-11(21)26-3/h12-13H,4-8H2,1-3H3,(H2,16,22). The molecule has 1 rings (SSSR count). The molecule has 2 N–H and O–H groups in total. The molecular weight excluding hydrogens is 366 g/mol. The lowest BCUT2D eigenvalue weighted by molar-refractivity contribution is -0.168. The SMILES string of the molecule is COC(=O)COC(=O)C1C(C(N)=O)N(CC(=O)OC)CCN1CC(=O)OC. The van der Waals surface area contributed by atoms with Crippen molar-refractivity contribution in [1.82, 2.24) is 9.80 Å². The number of carbonyl (C=O) groups is 5. The largest absolute Gasteiger partial charge is 0.468 e. The summed E-state index contributed by atoms with van der Waals surface area (Å²) in [5.74, 6) is -3.97. The van der Waals surface area contributed by atoms with Crippen molar-refractivity contribution >= 4 is 29.8 Å². The lowest BCUT2D eigenvalue weighted by Crippen LogP contribution is -2.68. The van der Waals surface area contributed by atoms with E-state index in [1.54, 1.807) is 0 Å². The van der Waals surface area contributed by atoms with Crippen molar-refractivity contribution in [1.29, 1.82) is 0 Å². The number of piperazine rings is 1. The van der Waals surface area contributed by atoms with Gasteiger partial charge in [-0.2, -0.15) is 0 Å². The highest BCUT2D eigenvalue weighted by molar-refractivity contribution is 5.91. The van der Waals surface area contributed by atoms with Crippen LogP contribution in [0.25, 0.3) is 0 Å². The van der Waals surface area contributed by atoms with Gasteiger partial charge in [0, 0.05) is 13.1 Å². The van der Waals surface area contributed by atoms with Gasteiger partial charge in [-0.1, -0.05) is 0 Å². The number of carbonyl (C=O) groups excluding carboxylic acids is 5. The first-order valence-corrected chi connectivity index (χ1v) is 7.89. The minimum absolute atomic E-state index is 0.133. The number of nitrogens with zero attached hydrogens (tertiary/aromatic N) is 2. The molecule has 0 radical (unpaired) electrons. The first-order valence-electron chi connectivity index (χ1n) is 7.89. The van der Waals surface area contributed by atoms with E-state index in [0.717, 1.165) is 7.11 Å². The number of nitrogens with two attached hydrogens (primary N) is 1. The molecule has 1 heterocycles. The van der Waals surface area contributed by atoms with Crippen LogP contribution in [0.3, 0.4) is 0 Å². The third-order valence-electron chi connectivity index (χ3n) is 3.97. The second-order valence-corrected chi connectivity index (χ2v) is 5.57. The van der Waals surface area contributed by atoms with E-state index < -0.39 is 48.5 Å². The predicted octanol–water partition coefficient (Wildman–Crippen LogP) is -3.11.